The number of hydrogen-bond acceptors (Lipinski definition) is 4. The number of fused-ring (bicyclic) bond motifs is 1. The van der Waals surface area contributed by atoms with E-state index in [-0.39, 0.29) is 5.91 Å². The highest BCUT2D eigenvalue weighted by atomic mass is 16.5. The molecule has 2 N–H and O–H groups in total. The van der Waals surface area contributed by atoms with Gasteiger partial charge in [-0.25, -0.2) is 4.79 Å². The number of carbonyl (C=O) groups excluding carboxylic acids is 1. The lowest BCUT2D eigenvalue weighted by molar-refractivity contribution is -0.120. The first-order valence-electron chi connectivity index (χ1n) is 7.15. The second kappa shape index (κ2) is 6.39. The number of ether oxygens (including phenoxy) is 1. The van der Waals surface area contributed by atoms with Crippen molar-refractivity contribution in [1.29, 1.82) is 0 Å². The Hall–Kier alpha value is -3.02. The number of nitrogens with one attached hydrogen (secondary N) is 2. The van der Waals surface area contributed by atoms with Crippen LogP contribution in [0.15, 0.2) is 51.7 Å². The SMILES string of the molecule is COc1ccc(CC(=O)NCc2ccc3[nH]c(=O)oc3c2)cc1. The van der Waals surface area contributed by atoms with Crippen LogP contribution in [0.2, 0.25) is 0 Å². The molecule has 6 heteroatoms. The van der Waals surface area contributed by atoms with Gasteiger partial charge in [0.15, 0.2) is 5.58 Å². The average molecular weight is 312 g/mol. The summed E-state index contributed by atoms with van der Waals surface area (Å²) in [7, 11) is 1.60. The minimum absolute atomic E-state index is 0.0780. The van der Waals surface area contributed by atoms with Crippen molar-refractivity contribution in [3.05, 3.63) is 64.1 Å². The van der Waals surface area contributed by atoms with Crippen LogP contribution in [0.3, 0.4) is 0 Å². The number of H-pyrrole nitrogens is 1. The van der Waals surface area contributed by atoms with Crippen LogP contribution in [0.5, 0.6) is 5.75 Å². The molecule has 0 unspecified atom stereocenters. The van der Waals surface area contributed by atoms with Crippen molar-refractivity contribution in [2.24, 2.45) is 0 Å². The van der Waals surface area contributed by atoms with Crippen LogP contribution in [0.1, 0.15) is 11.1 Å². The molecule has 6 nitrogen and oxygen atoms in total. The molecule has 3 aromatic rings. The smallest absolute Gasteiger partial charge is 0.417 e. The van der Waals surface area contributed by atoms with E-state index in [1.54, 1.807) is 19.2 Å². The molecule has 0 saturated heterocycles. The number of oxazole rings is 1. The summed E-state index contributed by atoms with van der Waals surface area (Å²) in [5.74, 6) is 0.196. The number of methoxy groups -OCH3 is 1. The van der Waals surface area contributed by atoms with E-state index in [2.05, 4.69) is 10.3 Å². The van der Waals surface area contributed by atoms with Crippen molar-refractivity contribution >= 4 is 17.0 Å². The van der Waals surface area contributed by atoms with Crippen molar-refractivity contribution in [1.82, 2.24) is 10.3 Å². The van der Waals surface area contributed by atoms with Crippen LogP contribution in [0.4, 0.5) is 0 Å². The zero-order valence-electron chi connectivity index (χ0n) is 12.6. The van der Waals surface area contributed by atoms with Crippen LogP contribution in [0, 0.1) is 0 Å². The van der Waals surface area contributed by atoms with E-state index in [0.717, 1.165) is 16.9 Å². The molecule has 0 radical (unpaired) electrons. The van der Waals surface area contributed by atoms with E-state index >= 15 is 0 Å². The first-order chi connectivity index (χ1) is 11.1. The summed E-state index contributed by atoms with van der Waals surface area (Å²) in [6, 6.07) is 12.7. The Labute approximate surface area is 132 Å². The van der Waals surface area contributed by atoms with Gasteiger partial charge in [-0.3, -0.25) is 9.78 Å². The normalized spacial score (nSPS) is 10.7. The fraction of sp³-hybridized carbons (Fsp3) is 0.176. The summed E-state index contributed by atoms with van der Waals surface area (Å²) in [4.78, 5) is 25.7. The molecule has 0 fully saturated rings. The van der Waals surface area contributed by atoms with Gasteiger partial charge in [0.2, 0.25) is 5.91 Å². The van der Waals surface area contributed by atoms with Crippen molar-refractivity contribution in [3.63, 3.8) is 0 Å². The Bertz CT molecular complexity index is 877. The van der Waals surface area contributed by atoms with E-state index < -0.39 is 5.76 Å². The maximum Gasteiger partial charge on any atom is 0.417 e. The van der Waals surface area contributed by atoms with Crippen LogP contribution >= 0.6 is 0 Å². The lowest BCUT2D eigenvalue weighted by Gasteiger charge is -2.06. The molecule has 118 valence electrons. The molecule has 0 atom stereocenters. The van der Waals surface area contributed by atoms with Crippen LogP contribution in [0.25, 0.3) is 11.1 Å². The zero-order chi connectivity index (χ0) is 16.2. The van der Waals surface area contributed by atoms with Crippen LogP contribution < -0.4 is 15.8 Å². The molecule has 23 heavy (non-hydrogen) atoms. The highest BCUT2D eigenvalue weighted by Gasteiger charge is 2.06. The number of aromatic nitrogens is 1. The third kappa shape index (κ3) is 3.60. The monoisotopic (exact) mass is 312 g/mol. The summed E-state index contributed by atoms with van der Waals surface area (Å²) >= 11 is 0. The fourth-order valence-corrected chi connectivity index (χ4v) is 2.29. The molecule has 1 amide bonds. The van der Waals surface area contributed by atoms with E-state index in [1.807, 2.05) is 30.3 Å². The van der Waals surface area contributed by atoms with Gasteiger partial charge >= 0.3 is 5.76 Å². The standard InChI is InChI=1S/C17H16N2O4/c1-22-13-5-2-11(3-6-13)9-16(20)18-10-12-4-7-14-15(8-12)23-17(21)19-14/h2-8H,9-10H2,1H3,(H,18,20)(H,19,21). The Balaban J connectivity index is 1.59. The minimum atomic E-state index is -0.485. The third-order valence-corrected chi connectivity index (χ3v) is 3.50. The van der Waals surface area contributed by atoms with E-state index in [4.69, 9.17) is 9.15 Å². The van der Waals surface area contributed by atoms with Crippen molar-refractivity contribution in [2.75, 3.05) is 7.11 Å². The van der Waals surface area contributed by atoms with Gasteiger partial charge in [0, 0.05) is 6.54 Å². The molecule has 0 aliphatic rings. The Kier molecular flexibility index (Phi) is 4.14. The van der Waals surface area contributed by atoms with Gasteiger partial charge in [0.05, 0.1) is 19.0 Å². The highest BCUT2D eigenvalue weighted by Crippen LogP contribution is 2.13. The molecule has 2 aromatic carbocycles. The molecule has 3 rings (SSSR count). The van der Waals surface area contributed by atoms with Crippen LogP contribution in [-0.4, -0.2) is 18.0 Å². The van der Waals surface area contributed by atoms with Gasteiger partial charge in [0.1, 0.15) is 5.75 Å². The summed E-state index contributed by atoms with van der Waals surface area (Å²) in [5.41, 5.74) is 2.90. The van der Waals surface area contributed by atoms with Crippen molar-refractivity contribution in [3.8, 4) is 5.75 Å². The van der Waals surface area contributed by atoms with Gasteiger partial charge in [-0.2, -0.15) is 0 Å². The lowest BCUT2D eigenvalue weighted by atomic mass is 10.1. The first-order valence-corrected chi connectivity index (χ1v) is 7.15. The number of amides is 1. The summed E-state index contributed by atoms with van der Waals surface area (Å²) in [6.07, 6.45) is 0.297. The van der Waals surface area contributed by atoms with E-state index in [1.165, 1.54) is 0 Å². The molecule has 0 aliphatic carbocycles. The molecule has 0 saturated carbocycles. The maximum absolute atomic E-state index is 12.0. The number of aromatic amines is 1. The predicted molar refractivity (Wildman–Crippen MR) is 85.4 cm³/mol. The topological polar surface area (TPSA) is 84.3 Å². The number of benzene rings is 2. The Morgan fingerprint density at radius 2 is 1.91 bits per heavy atom. The third-order valence-electron chi connectivity index (χ3n) is 3.50. The molecule has 1 heterocycles. The van der Waals surface area contributed by atoms with E-state index in [0.29, 0.717) is 24.1 Å². The molecular formula is C17H16N2O4. The predicted octanol–water partition coefficient (Wildman–Crippen LogP) is 1.99. The van der Waals surface area contributed by atoms with Crippen molar-refractivity contribution < 1.29 is 13.9 Å². The quantitative estimate of drug-likeness (QED) is 0.754. The van der Waals surface area contributed by atoms with Gasteiger partial charge in [-0.15, -0.1) is 0 Å². The zero-order valence-corrected chi connectivity index (χ0v) is 12.6. The van der Waals surface area contributed by atoms with Crippen LogP contribution in [-0.2, 0) is 17.8 Å². The minimum Gasteiger partial charge on any atom is -0.497 e. The largest absolute Gasteiger partial charge is 0.497 e. The summed E-state index contributed by atoms with van der Waals surface area (Å²) in [5, 5.41) is 2.85. The Morgan fingerprint density at radius 1 is 1.17 bits per heavy atom. The maximum atomic E-state index is 12.0. The number of carbonyl (C=O) groups is 1. The molecule has 0 aliphatic heterocycles. The first kappa shape index (κ1) is 14.9. The summed E-state index contributed by atoms with van der Waals surface area (Å²) < 4.78 is 10.1. The lowest BCUT2D eigenvalue weighted by Crippen LogP contribution is -2.24. The van der Waals surface area contributed by atoms with Gasteiger partial charge < -0.3 is 14.5 Å². The Morgan fingerprint density at radius 3 is 2.65 bits per heavy atom. The molecule has 0 spiro atoms. The van der Waals surface area contributed by atoms with E-state index in [9.17, 15) is 9.59 Å². The molecule has 0 bridgehead atoms. The second-order valence-corrected chi connectivity index (χ2v) is 5.15. The van der Waals surface area contributed by atoms with Gasteiger partial charge in [0.25, 0.3) is 0 Å². The fourth-order valence-electron chi connectivity index (χ4n) is 2.29. The van der Waals surface area contributed by atoms with Gasteiger partial charge in [-0.05, 0) is 35.4 Å². The average Bonchev–Trinajstić information content (AvgIpc) is 2.93. The summed E-state index contributed by atoms with van der Waals surface area (Å²) in [6.45, 7) is 0.375. The molecular weight excluding hydrogens is 296 g/mol. The second-order valence-electron chi connectivity index (χ2n) is 5.15. The number of hydrogen-bond donors (Lipinski definition) is 2. The molecule has 1 aromatic heterocycles. The van der Waals surface area contributed by atoms with Crippen molar-refractivity contribution in [2.45, 2.75) is 13.0 Å². The highest BCUT2D eigenvalue weighted by molar-refractivity contribution is 5.79. The van der Waals surface area contributed by atoms with Gasteiger partial charge in [-0.1, -0.05) is 18.2 Å². The number of rotatable bonds is 5.